The van der Waals surface area contributed by atoms with Crippen LogP contribution in [0.5, 0.6) is 0 Å². The van der Waals surface area contributed by atoms with E-state index < -0.39 is 30.3 Å². The summed E-state index contributed by atoms with van der Waals surface area (Å²) < 4.78 is 19.4. The summed E-state index contributed by atoms with van der Waals surface area (Å²) in [5.74, 6) is -0.730. The second-order valence-corrected chi connectivity index (χ2v) is 3.60. The minimum Gasteiger partial charge on any atom is -0.467 e. The third kappa shape index (κ3) is 5.01. The molecule has 0 aliphatic carbocycles. The summed E-state index contributed by atoms with van der Waals surface area (Å²) in [6.45, 7) is -0.0481. The molecule has 0 amide bonds. The molecule has 0 radical (unpaired) electrons. The van der Waals surface area contributed by atoms with Gasteiger partial charge in [-0.15, -0.1) is 0 Å². The molecule has 9 nitrogen and oxygen atoms in total. The van der Waals surface area contributed by atoms with Crippen molar-refractivity contribution in [3.05, 3.63) is 10.4 Å². The fourth-order valence-corrected chi connectivity index (χ4v) is 1.64. The molecule has 0 aliphatic heterocycles. The normalized spacial score (nSPS) is 16.9. The van der Waals surface area contributed by atoms with Gasteiger partial charge < -0.3 is 24.1 Å². The maximum atomic E-state index is 11.6. The number of hydrogen-bond acceptors (Lipinski definition) is 7. The van der Waals surface area contributed by atoms with E-state index in [1.165, 1.54) is 28.4 Å². The molecule has 0 aromatic heterocycles. The fraction of sp³-hybridized carbons (Fsp3) is 0.900. The molecule has 0 unspecified atom stereocenters. The number of carbonyl (C=O) groups excluding carboxylic acids is 1. The highest BCUT2D eigenvalue weighted by Crippen LogP contribution is 2.16. The van der Waals surface area contributed by atoms with Gasteiger partial charge in [-0.3, -0.25) is 0 Å². The third-order valence-corrected chi connectivity index (χ3v) is 2.51. The van der Waals surface area contributed by atoms with Gasteiger partial charge in [0.2, 0.25) is 0 Å². The Morgan fingerprint density at radius 3 is 2.32 bits per heavy atom. The number of hydrogen-bond donors (Lipinski definition) is 1. The van der Waals surface area contributed by atoms with Gasteiger partial charge in [-0.2, -0.15) is 0 Å². The number of azide groups is 1. The van der Waals surface area contributed by atoms with Crippen molar-refractivity contribution < 1.29 is 28.8 Å². The van der Waals surface area contributed by atoms with Crippen LogP contribution in [0.25, 0.3) is 10.4 Å². The Morgan fingerprint density at radius 1 is 1.32 bits per heavy atom. The van der Waals surface area contributed by atoms with Crippen molar-refractivity contribution in [1.82, 2.24) is 0 Å². The first kappa shape index (κ1) is 17.6. The number of ether oxygens (including phenoxy) is 4. The number of aliphatic hydroxyl groups excluding tert-OH is 1. The van der Waals surface area contributed by atoms with Crippen molar-refractivity contribution in [2.75, 3.05) is 35.0 Å². The topological polar surface area (TPSA) is 123 Å². The van der Waals surface area contributed by atoms with E-state index in [2.05, 4.69) is 14.8 Å². The number of aliphatic hydroxyl groups is 1. The Labute approximate surface area is 111 Å². The summed E-state index contributed by atoms with van der Waals surface area (Å²) in [6.07, 6.45) is -3.25. The summed E-state index contributed by atoms with van der Waals surface area (Å²) in [6, 6.07) is -1.09. The van der Waals surface area contributed by atoms with Crippen molar-refractivity contribution in [2.45, 2.75) is 24.4 Å². The lowest BCUT2D eigenvalue weighted by atomic mass is 10.0. The summed E-state index contributed by atoms with van der Waals surface area (Å²) in [7, 11) is 5.14. The zero-order valence-corrected chi connectivity index (χ0v) is 11.3. The smallest absolute Gasteiger partial charge is 0.335 e. The molecule has 9 heteroatoms. The molecule has 4 atom stereocenters. The number of rotatable bonds is 9. The van der Waals surface area contributed by atoms with E-state index in [4.69, 9.17) is 19.7 Å². The van der Waals surface area contributed by atoms with Crippen LogP contribution in [-0.2, 0) is 23.7 Å². The molecule has 1 N–H and O–H groups in total. The van der Waals surface area contributed by atoms with Crippen LogP contribution in [0.15, 0.2) is 5.11 Å². The van der Waals surface area contributed by atoms with Crippen LogP contribution in [0.1, 0.15) is 0 Å². The molecule has 0 fully saturated rings. The van der Waals surface area contributed by atoms with Crippen LogP contribution in [0.3, 0.4) is 0 Å². The molecule has 0 spiro atoms. The van der Waals surface area contributed by atoms with Crippen molar-refractivity contribution in [3.8, 4) is 0 Å². The summed E-state index contributed by atoms with van der Waals surface area (Å²) in [4.78, 5) is 14.2. The van der Waals surface area contributed by atoms with Gasteiger partial charge in [0.15, 0.2) is 6.10 Å². The molecule has 0 rings (SSSR count). The zero-order chi connectivity index (χ0) is 14.8. The summed E-state index contributed by atoms with van der Waals surface area (Å²) >= 11 is 0. The third-order valence-electron chi connectivity index (χ3n) is 2.51. The molecule has 0 aromatic carbocycles. The monoisotopic (exact) mass is 277 g/mol. The van der Waals surface area contributed by atoms with E-state index in [1.54, 1.807) is 0 Å². The van der Waals surface area contributed by atoms with E-state index in [0.717, 1.165) is 0 Å². The van der Waals surface area contributed by atoms with Crippen molar-refractivity contribution in [2.24, 2.45) is 5.11 Å². The average Bonchev–Trinajstić information content (AvgIpc) is 2.40. The number of nitrogens with zero attached hydrogens (tertiary/aromatic N) is 3. The first-order valence-electron chi connectivity index (χ1n) is 5.41. The molecule has 0 saturated heterocycles. The van der Waals surface area contributed by atoms with Gasteiger partial charge in [-0.05, 0) is 5.53 Å². The minimum atomic E-state index is -1.18. The van der Waals surface area contributed by atoms with Crippen LogP contribution in [-0.4, -0.2) is 70.5 Å². The second-order valence-electron chi connectivity index (χ2n) is 3.60. The lowest BCUT2D eigenvalue weighted by Gasteiger charge is -2.30. The number of carbonyl (C=O) groups is 1. The quantitative estimate of drug-likeness (QED) is 0.271. The Kier molecular flexibility index (Phi) is 8.84. The highest BCUT2D eigenvalue weighted by Gasteiger charge is 2.38. The van der Waals surface area contributed by atoms with Gasteiger partial charge in [-0.25, -0.2) is 4.79 Å². The maximum Gasteiger partial charge on any atom is 0.335 e. The van der Waals surface area contributed by atoms with E-state index in [0.29, 0.717) is 0 Å². The molecule has 0 aromatic rings. The average molecular weight is 277 g/mol. The lowest BCUT2D eigenvalue weighted by molar-refractivity contribution is -0.158. The van der Waals surface area contributed by atoms with Crippen LogP contribution in [0, 0.1) is 0 Å². The predicted molar refractivity (Wildman–Crippen MR) is 64.4 cm³/mol. The SMILES string of the molecule is COC[C@@H](O)[C@@H](OC)[C@@H](N=[N+]=[N-])[C@H](OC)C(=O)OC. The number of esters is 1. The summed E-state index contributed by atoms with van der Waals surface area (Å²) in [5, 5.41) is 13.3. The van der Waals surface area contributed by atoms with Gasteiger partial charge in [-0.1, -0.05) is 5.11 Å². The van der Waals surface area contributed by atoms with Crippen molar-refractivity contribution >= 4 is 5.97 Å². The van der Waals surface area contributed by atoms with E-state index in [9.17, 15) is 9.90 Å². The molecule has 0 saturated carbocycles. The fourth-order valence-electron chi connectivity index (χ4n) is 1.64. The Hall–Kier alpha value is -1.38. The highest BCUT2D eigenvalue weighted by atomic mass is 16.6. The van der Waals surface area contributed by atoms with Crippen molar-refractivity contribution in [1.29, 1.82) is 0 Å². The predicted octanol–water partition coefficient (Wildman–Crippen LogP) is -0.124. The van der Waals surface area contributed by atoms with Crippen LogP contribution >= 0.6 is 0 Å². The number of methoxy groups -OCH3 is 4. The molecule has 110 valence electrons. The lowest BCUT2D eigenvalue weighted by Crippen LogP contribution is -2.49. The van der Waals surface area contributed by atoms with Gasteiger partial charge >= 0.3 is 5.97 Å². The molecule has 0 bridgehead atoms. The zero-order valence-electron chi connectivity index (χ0n) is 11.3. The van der Waals surface area contributed by atoms with E-state index in [-0.39, 0.29) is 6.61 Å². The second kappa shape index (κ2) is 9.54. The van der Waals surface area contributed by atoms with E-state index >= 15 is 0 Å². The van der Waals surface area contributed by atoms with Gasteiger partial charge in [0.25, 0.3) is 0 Å². The Bertz CT molecular complexity index is 320. The molecule has 0 aliphatic rings. The van der Waals surface area contributed by atoms with Crippen LogP contribution in [0.2, 0.25) is 0 Å². The largest absolute Gasteiger partial charge is 0.467 e. The Morgan fingerprint density at radius 2 is 1.95 bits per heavy atom. The molecule has 0 heterocycles. The van der Waals surface area contributed by atoms with Gasteiger partial charge in [0.1, 0.15) is 12.1 Å². The van der Waals surface area contributed by atoms with Crippen LogP contribution < -0.4 is 0 Å². The van der Waals surface area contributed by atoms with Crippen molar-refractivity contribution in [3.63, 3.8) is 0 Å². The van der Waals surface area contributed by atoms with Gasteiger partial charge in [0, 0.05) is 26.2 Å². The molecular formula is C10H19N3O6. The van der Waals surface area contributed by atoms with E-state index in [1.807, 2.05) is 0 Å². The standard InChI is InChI=1S/C10H19N3O6/c1-16-5-6(14)8(17-2)7(12-13-11)9(18-3)10(15)19-4/h6-9,14H,5H2,1-4H3/t6-,7-,8-,9+/m1/s1. The Balaban J connectivity index is 5.23. The van der Waals surface area contributed by atoms with Gasteiger partial charge in [0.05, 0.1) is 19.8 Å². The first-order chi connectivity index (χ1) is 9.06. The molecule has 19 heavy (non-hydrogen) atoms. The molecular weight excluding hydrogens is 258 g/mol. The minimum absolute atomic E-state index is 0.0481. The first-order valence-corrected chi connectivity index (χ1v) is 5.41. The van der Waals surface area contributed by atoms with Crippen LogP contribution in [0.4, 0.5) is 0 Å². The highest BCUT2D eigenvalue weighted by molar-refractivity contribution is 5.75. The summed E-state index contributed by atoms with van der Waals surface area (Å²) in [5.41, 5.74) is 8.57. The maximum absolute atomic E-state index is 11.6.